The molecule has 1 aromatic carbocycles. The third kappa shape index (κ3) is 4.76. The maximum absolute atomic E-state index is 12.7. The first-order valence-corrected chi connectivity index (χ1v) is 9.88. The summed E-state index contributed by atoms with van der Waals surface area (Å²) in [5.74, 6) is -2.06. The van der Waals surface area contributed by atoms with Gasteiger partial charge >= 0.3 is 0 Å². The van der Waals surface area contributed by atoms with Gasteiger partial charge in [0.2, 0.25) is 11.8 Å². The van der Waals surface area contributed by atoms with Gasteiger partial charge in [-0.3, -0.25) is 34.2 Å². The van der Waals surface area contributed by atoms with Gasteiger partial charge in [-0.1, -0.05) is 0 Å². The van der Waals surface area contributed by atoms with Gasteiger partial charge in [-0.15, -0.1) is 0 Å². The molecule has 31 heavy (non-hydrogen) atoms. The second-order valence-electron chi connectivity index (χ2n) is 7.50. The molecule has 4 amide bonds. The zero-order valence-corrected chi connectivity index (χ0v) is 17.0. The third-order valence-electron chi connectivity index (χ3n) is 5.35. The van der Waals surface area contributed by atoms with Crippen molar-refractivity contribution in [2.75, 3.05) is 32.7 Å². The molecule has 0 atom stereocenters. The van der Waals surface area contributed by atoms with Crippen molar-refractivity contribution in [2.24, 2.45) is 0 Å². The number of fused-ring (bicyclic) bond motifs is 1. The summed E-state index contributed by atoms with van der Waals surface area (Å²) in [6.07, 6.45) is 0.839. The van der Waals surface area contributed by atoms with E-state index in [2.05, 4.69) is 0 Å². The van der Waals surface area contributed by atoms with Crippen molar-refractivity contribution in [1.82, 2.24) is 14.7 Å². The number of amides is 4. The minimum atomic E-state index is -0.743. The maximum Gasteiger partial charge on any atom is 0.270 e. The number of ketones is 1. The monoisotopic (exact) mass is 430 g/mol. The Morgan fingerprint density at radius 3 is 2.16 bits per heavy atom. The molecule has 11 nitrogen and oxygen atoms in total. The van der Waals surface area contributed by atoms with Crippen LogP contribution in [0.2, 0.25) is 0 Å². The van der Waals surface area contributed by atoms with Crippen molar-refractivity contribution in [3.05, 3.63) is 39.4 Å². The molecule has 11 heteroatoms. The average Bonchev–Trinajstić information content (AvgIpc) is 2.91. The highest BCUT2D eigenvalue weighted by Gasteiger charge is 2.38. The molecule has 0 bridgehead atoms. The molecule has 2 aliphatic heterocycles. The Morgan fingerprint density at radius 1 is 0.935 bits per heavy atom. The number of imide groups is 1. The Morgan fingerprint density at radius 2 is 1.55 bits per heavy atom. The van der Waals surface area contributed by atoms with Gasteiger partial charge in [0.05, 0.1) is 16.1 Å². The normalized spacial score (nSPS) is 16.2. The zero-order valence-electron chi connectivity index (χ0n) is 17.0. The van der Waals surface area contributed by atoms with E-state index in [1.54, 1.807) is 4.90 Å². The molecule has 2 aliphatic rings. The van der Waals surface area contributed by atoms with Crippen LogP contribution in [0.5, 0.6) is 0 Å². The Kier molecular flexibility index (Phi) is 6.42. The molecule has 0 aromatic heterocycles. The Labute approximate surface area is 177 Å². The van der Waals surface area contributed by atoms with Gasteiger partial charge in [0.1, 0.15) is 12.3 Å². The fraction of sp³-hybridized carbons (Fsp3) is 0.450. The minimum absolute atomic E-state index is 0.0292. The number of hydrogen-bond acceptors (Lipinski definition) is 7. The number of benzene rings is 1. The molecule has 1 aromatic rings. The summed E-state index contributed by atoms with van der Waals surface area (Å²) in [5.41, 5.74) is -0.373. The average molecular weight is 430 g/mol. The van der Waals surface area contributed by atoms with Crippen LogP contribution in [0, 0.1) is 10.1 Å². The van der Waals surface area contributed by atoms with Crippen molar-refractivity contribution >= 4 is 35.1 Å². The molecule has 3 rings (SSSR count). The molecule has 0 N–H and O–H groups in total. The van der Waals surface area contributed by atoms with Crippen LogP contribution in [0.4, 0.5) is 5.69 Å². The summed E-state index contributed by atoms with van der Waals surface area (Å²) in [5, 5.41) is 10.9. The summed E-state index contributed by atoms with van der Waals surface area (Å²) in [6, 6.07) is 3.40. The summed E-state index contributed by atoms with van der Waals surface area (Å²) in [6.45, 7) is 2.32. The fourth-order valence-corrected chi connectivity index (χ4v) is 3.63. The molecule has 164 valence electrons. The second-order valence-corrected chi connectivity index (χ2v) is 7.50. The van der Waals surface area contributed by atoms with E-state index in [1.807, 2.05) is 0 Å². The second kappa shape index (κ2) is 9.02. The molecule has 1 saturated heterocycles. The molecular weight excluding hydrogens is 408 g/mol. The van der Waals surface area contributed by atoms with Crippen LogP contribution < -0.4 is 0 Å². The summed E-state index contributed by atoms with van der Waals surface area (Å²) >= 11 is 0. The molecule has 0 spiro atoms. The third-order valence-corrected chi connectivity index (χ3v) is 5.35. The van der Waals surface area contributed by atoms with E-state index in [1.165, 1.54) is 17.9 Å². The van der Waals surface area contributed by atoms with Crippen LogP contribution in [-0.2, 0) is 14.4 Å². The fourth-order valence-electron chi connectivity index (χ4n) is 3.63. The van der Waals surface area contributed by atoms with Crippen LogP contribution >= 0.6 is 0 Å². The first-order chi connectivity index (χ1) is 14.7. The number of carbonyl (C=O) groups is 5. The maximum atomic E-state index is 12.7. The van der Waals surface area contributed by atoms with Crippen LogP contribution in [-0.4, -0.2) is 81.8 Å². The standard InChI is InChI=1S/C20H22N4O7/c1-13(25)3-6-17(26)21-7-2-8-22(10-9-21)18(27)12-23-19(28)15-5-4-14(24(30)31)11-16(15)20(23)29/h4-5,11H,2-3,6-10,12H2,1H3. The number of carbonyl (C=O) groups excluding carboxylic acids is 5. The molecule has 1 fully saturated rings. The topological polar surface area (TPSA) is 138 Å². The first-order valence-electron chi connectivity index (χ1n) is 9.88. The SMILES string of the molecule is CC(=O)CCC(=O)N1CCCN(C(=O)CN2C(=O)c3ccc([N+](=O)[O-])cc3C2=O)CC1. The van der Waals surface area contributed by atoms with Gasteiger partial charge in [0, 0.05) is 51.2 Å². The lowest BCUT2D eigenvalue weighted by Gasteiger charge is -2.24. The lowest BCUT2D eigenvalue weighted by atomic mass is 10.1. The van der Waals surface area contributed by atoms with E-state index in [-0.39, 0.29) is 47.9 Å². The number of non-ortho nitro benzene ring substituents is 1. The lowest BCUT2D eigenvalue weighted by Crippen LogP contribution is -2.44. The predicted molar refractivity (Wildman–Crippen MR) is 106 cm³/mol. The van der Waals surface area contributed by atoms with Gasteiger partial charge in [0.25, 0.3) is 17.5 Å². The number of nitro benzene ring substituents is 1. The molecule has 0 unspecified atom stereocenters. The highest BCUT2D eigenvalue weighted by Crippen LogP contribution is 2.26. The summed E-state index contributed by atoms with van der Waals surface area (Å²) < 4.78 is 0. The lowest BCUT2D eigenvalue weighted by molar-refractivity contribution is -0.384. The zero-order chi connectivity index (χ0) is 22.7. The predicted octanol–water partition coefficient (Wildman–Crippen LogP) is 0.621. The summed E-state index contributed by atoms with van der Waals surface area (Å²) in [4.78, 5) is 75.3. The van der Waals surface area contributed by atoms with E-state index in [0.29, 0.717) is 26.1 Å². The van der Waals surface area contributed by atoms with Crippen LogP contribution in [0.3, 0.4) is 0 Å². The largest absolute Gasteiger partial charge is 0.341 e. The van der Waals surface area contributed by atoms with E-state index in [4.69, 9.17) is 0 Å². The molecule has 0 radical (unpaired) electrons. The van der Waals surface area contributed by atoms with E-state index < -0.39 is 29.2 Å². The Balaban J connectivity index is 1.62. The minimum Gasteiger partial charge on any atom is -0.341 e. The molecule has 0 saturated carbocycles. The van der Waals surface area contributed by atoms with Crippen LogP contribution in [0.15, 0.2) is 18.2 Å². The number of rotatable bonds is 6. The quantitative estimate of drug-likeness (QED) is 0.366. The Bertz CT molecular complexity index is 974. The molecular formula is C20H22N4O7. The van der Waals surface area contributed by atoms with Crippen LogP contribution in [0.1, 0.15) is 46.9 Å². The highest BCUT2D eigenvalue weighted by molar-refractivity contribution is 6.22. The number of nitrogens with zero attached hydrogens (tertiary/aromatic N) is 4. The Hall–Kier alpha value is -3.63. The molecule has 0 aliphatic carbocycles. The van der Waals surface area contributed by atoms with E-state index >= 15 is 0 Å². The molecule has 2 heterocycles. The highest BCUT2D eigenvalue weighted by atomic mass is 16.6. The van der Waals surface area contributed by atoms with E-state index in [0.717, 1.165) is 17.0 Å². The van der Waals surface area contributed by atoms with Gasteiger partial charge < -0.3 is 14.6 Å². The van der Waals surface area contributed by atoms with Gasteiger partial charge in [-0.2, -0.15) is 0 Å². The van der Waals surface area contributed by atoms with Crippen molar-refractivity contribution in [2.45, 2.75) is 26.2 Å². The van der Waals surface area contributed by atoms with Gasteiger partial charge in [-0.25, -0.2) is 0 Å². The van der Waals surface area contributed by atoms with Crippen molar-refractivity contribution < 1.29 is 28.9 Å². The smallest absolute Gasteiger partial charge is 0.270 e. The number of hydrogen-bond donors (Lipinski definition) is 0. The van der Waals surface area contributed by atoms with Crippen molar-refractivity contribution in [3.8, 4) is 0 Å². The van der Waals surface area contributed by atoms with E-state index in [9.17, 15) is 34.1 Å². The van der Waals surface area contributed by atoms with Crippen molar-refractivity contribution in [1.29, 1.82) is 0 Å². The van der Waals surface area contributed by atoms with Crippen molar-refractivity contribution in [3.63, 3.8) is 0 Å². The number of nitro groups is 1. The number of Topliss-reactive ketones (excluding diaryl/α,β-unsaturated/α-hetero) is 1. The summed E-state index contributed by atoms with van der Waals surface area (Å²) in [7, 11) is 0. The van der Waals surface area contributed by atoms with Crippen LogP contribution in [0.25, 0.3) is 0 Å². The first kappa shape index (κ1) is 22.1. The van der Waals surface area contributed by atoms with Gasteiger partial charge in [0.15, 0.2) is 0 Å². The van der Waals surface area contributed by atoms with Gasteiger partial charge in [-0.05, 0) is 19.4 Å².